The number of esters is 1. The molecule has 0 amide bonds. The van der Waals surface area contributed by atoms with E-state index < -0.39 is 29.0 Å². The lowest BCUT2D eigenvalue weighted by atomic mass is 9.48. The summed E-state index contributed by atoms with van der Waals surface area (Å²) < 4.78 is 19.3. The van der Waals surface area contributed by atoms with Crippen molar-refractivity contribution in [2.45, 2.75) is 83.1 Å². The van der Waals surface area contributed by atoms with Gasteiger partial charge in [0.2, 0.25) is 0 Å². The Morgan fingerprint density at radius 3 is 2.61 bits per heavy atom. The summed E-state index contributed by atoms with van der Waals surface area (Å²) in [6.07, 6.45) is 8.28. The van der Waals surface area contributed by atoms with Crippen molar-refractivity contribution in [3.8, 4) is 0 Å². The van der Waals surface area contributed by atoms with E-state index in [1.807, 2.05) is 26.8 Å². The smallest absolute Gasteiger partial charge is 0.309 e. The van der Waals surface area contributed by atoms with Crippen LogP contribution in [0.25, 0.3) is 0 Å². The summed E-state index contributed by atoms with van der Waals surface area (Å²) in [5, 5.41) is 11.9. The van der Waals surface area contributed by atoms with Gasteiger partial charge in [-0.05, 0) is 50.0 Å². The number of Topliss-reactive ketones (excluding diaryl/α,β-unsaturated/α-hetero) is 1. The molecule has 7 aliphatic rings. The summed E-state index contributed by atoms with van der Waals surface area (Å²) in [7, 11) is 0. The van der Waals surface area contributed by atoms with E-state index in [9.17, 15) is 14.7 Å². The Kier molecular flexibility index (Phi) is 3.91. The van der Waals surface area contributed by atoms with E-state index in [2.05, 4.69) is 19.1 Å². The molecule has 0 aromatic heterocycles. The lowest BCUT2D eigenvalue weighted by Crippen LogP contribution is -2.68. The molecule has 2 saturated carbocycles. The second kappa shape index (κ2) is 6.19. The average Bonchev–Trinajstić information content (AvgIpc) is 3.37. The predicted octanol–water partition coefficient (Wildman–Crippen LogP) is 3.18. The number of hydrogen-bond acceptors (Lipinski definition) is 6. The highest BCUT2D eigenvalue weighted by molar-refractivity contribution is 5.91. The third kappa shape index (κ3) is 2.27. The van der Waals surface area contributed by atoms with Gasteiger partial charge in [-0.25, -0.2) is 0 Å². The molecule has 3 saturated heterocycles. The van der Waals surface area contributed by atoms with Crippen LogP contribution in [-0.2, 0) is 23.8 Å². The van der Waals surface area contributed by atoms with Crippen molar-refractivity contribution < 1.29 is 28.9 Å². The van der Waals surface area contributed by atoms with E-state index in [-0.39, 0.29) is 47.4 Å². The van der Waals surface area contributed by atoms with Gasteiger partial charge < -0.3 is 19.3 Å². The summed E-state index contributed by atoms with van der Waals surface area (Å²) in [6.45, 7) is 7.88. The first-order valence-corrected chi connectivity index (χ1v) is 12.8. The number of allylic oxidation sites excluding steroid dienone is 4. The van der Waals surface area contributed by atoms with Crippen molar-refractivity contribution in [1.29, 1.82) is 0 Å². The van der Waals surface area contributed by atoms with Crippen LogP contribution in [0.5, 0.6) is 0 Å². The zero-order valence-electron chi connectivity index (χ0n) is 19.8. The number of cyclic esters (lactones) is 1. The van der Waals surface area contributed by atoms with Gasteiger partial charge in [-0.15, -0.1) is 0 Å². The van der Waals surface area contributed by atoms with Crippen LogP contribution in [0.3, 0.4) is 0 Å². The maximum Gasteiger partial charge on any atom is 0.309 e. The highest BCUT2D eigenvalue weighted by atomic mass is 16.7. The maximum atomic E-state index is 13.3. The lowest BCUT2D eigenvalue weighted by molar-refractivity contribution is -0.361. The molecule has 1 N–H and O–H groups in total. The van der Waals surface area contributed by atoms with Crippen LogP contribution >= 0.6 is 0 Å². The fourth-order valence-corrected chi connectivity index (χ4v) is 9.27. The Morgan fingerprint density at radius 1 is 1.09 bits per heavy atom. The topological polar surface area (TPSA) is 82.1 Å². The second-order valence-electron chi connectivity index (χ2n) is 12.3. The molecule has 0 unspecified atom stereocenters. The van der Waals surface area contributed by atoms with E-state index in [4.69, 9.17) is 14.2 Å². The molecule has 5 fully saturated rings. The average molecular weight is 455 g/mol. The number of carbonyl (C=O) groups is 2. The fraction of sp³-hybridized carbons (Fsp3) is 0.778. The zero-order chi connectivity index (χ0) is 23.1. The number of hydrogen-bond donors (Lipinski definition) is 1. The molecule has 0 aromatic rings. The van der Waals surface area contributed by atoms with Crippen LogP contribution in [0.1, 0.15) is 53.4 Å². The summed E-state index contributed by atoms with van der Waals surface area (Å²) in [5.74, 6) is 0.0119. The van der Waals surface area contributed by atoms with E-state index in [0.717, 1.165) is 18.4 Å². The molecule has 4 bridgehead atoms. The number of rotatable bonds is 1. The van der Waals surface area contributed by atoms with E-state index in [1.54, 1.807) is 0 Å². The van der Waals surface area contributed by atoms with Crippen molar-refractivity contribution in [2.75, 3.05) is 0 Å². The van der Waals surface area contributed by atoms with Gasteiger partial charge in [-0.1, -0.05) is 32.1 Å². The van der Waals surface area contributed by atoms with Crippen molar-refractivity contribution in [3.63, 3.8) is 0 Å². The summed E-state index contributed by atoms with van der Waals surface area (Å²) >= 11 is 0. The molecule has 0 spiro atoms. The van der Waals surface area contributed by atoms with Gasteiger partial charge in [0.25, 0.3) is 0 Å². The van der Waals surface area contributed by atoms with Gasteiger partial charge in [-0.3, -0.25) is 9.59 Å². The highest BCUT2D eigenvalue weighted by Crippen LogP contribution is 2.72. The Balaban J connectivity index is 1.31. The Morgan fingerprint density at radius 2 is 1.88 bits per heavy atom. The number of fused-ring (bicyclic) bond motifs is 4. The molecule has 13 atom stereocenters. The highest BCUT2D eigenvalue weighted by Gasteiger charge is 2.78. The van der Waals surface area contributed by atoms with Crippen LogP contribution in [0.15, 0.2) is 23.8 Å². The molecule has 7 rings (SSSR count). The Labute approximate surface area is 194 Å². The second-order valence-corrected chi connectivity index (χ2v) is 12.3. The molecular weight excluding hydrogens is 420 g/mol. The third-order valence-electron chi connectivity index (χ3n) is 11.1. The van der Waals surface area contributed by atoms with Crippen molar-refractivity contribution in [1.82, 2.24) is 0 Å². The van der Waals surface area contributed by atoms with E-state index in [1.165, 1.54) is 0 Å². The van der Waals surface area contributed by atoms with Crippen molar-refractivity contribution in [2.24, 2.45) is 46.8 Å². The molecule has 6 heteroatoms. The molecule has 3 aliphatic heterocycles. The maximum absolute atomic E-state index is 13.3. The van der Waals surface area contributed by atoms with E-state index in [0.29, 0.717) is 24.7 Å². The van der Waals surface area contributed by atoms with Gasteiger partial charge in [0.1, 0.15) is 18.0 Å². The molecule has 0 radical (unpaired) electrons. The minimum atomic E-state index is -1.14. The normalized spacial score (nSPS) is 60.3. The van der Waals surface area contributed by atoms with Crippen molar-refractivity contribution >= 4 is 11.8 Å². The first-order valence-electron chi connectivity index (χ1n) is 12.8. The molecule has 0 aromatic carbocycles. The molecular formula is C27H34O6. The van der Waals surface area contributed by atoms with E-state index >= 15 is 0 Å². The Bertz CT molecular complexity index is 1010. The van der Waals surface area contributed by atoms with Crippen LogP contribution in [-0.4, -0.2) is 46.6 Å². The predicted molar refractivity (Wildman–Crippen MR) is 118 cm³/mol. The Hall–Kier alpha value is -1.50. The zero-order valence-corrected chi connectivity index (χ0v) is 19.8. The summed E-state index contributed by atoms with van der Waals surface area (Å²) in [5.41, 5.74) is -0.500. The first kappa shape index (κ1) is 20.8. The van der Waals surface area contributed by atoms with Crippen LogP contribution in [0.2, 0.25) is 0 Å². The molecule has 3 heterocycles. The standard InChI is InChI=1S/C27H34O6/c1-12-13(2)24(29)31-22(12)23-26(4,30)21-18-10-16-15-9-8-14-6-5-7-19(28)25(14,3)17(15)11-27(32-18,33-23)20(16)21/h5-6,8,12-13,15-18,20-23,30H,7,9-11H2,1-4H3/t12-,13-,15+,16+,17+,18+,20-,21+,22-,23-,25+,26-,27+/m1/s1. The molecule has 4 aliphatic carbocycles. The quantitative estimate of drug-likeness (QED) is 0.613. The minimum absolute atomic E-state index is 0.0378. The van der Waals surface area contributed by atoms with Crippen molar-refractivity contribution in [3.05, 3.63) is 23.8 Å². The van der Waals surface area contributed by atoms with Gasteiger partial charge in [0, 0.05) is 30.6 Å². The number of ketones is 1. The third-order valence-corrected chi connectivity index (χ3v) is 11.1. The monoisotopic (exact) mass is 454 g/mol. The first-order chi connectivity index (χ1) is 15.6. The molecule has 33 heavy (non-hydrogen) atoms. The minimum Gasteiger partial charge on any atom is -0.459 e. The summed E-state index contributed by atoms with van der Waals surface area (Å²) in [4.78, 5) is 25.7. The number of aliphatic hydroxyl groups is 1. The van der Waals surface area contributed by atoms with Gasteiger partial charge in [0.15, 0.2) is 5.79 Å². The fourth-order valence-electron chi connectivity index (χ4n) is 9.27. The SMILES string of the molecule is C[C@H]1[C@H]([C@H]2O[C@]34C[C@H]5[C@@H](CC=C6C=CCC(=O)[C@@]65C)[C@@H]5C[C@H](O3)[C@@H]([C@@H]54)[C@@]2(C)O)OC(=O)[C@@H]1C. The van der Waals surface area contributed by atoms with Crippen LogP contribution in [0, 0.1) is 46.8 Å². The molecule has 6 nitrogen and oxygen atoms in total. The van der Waals surface area contributed by atoms with Crippen LogP contribution < -0.4 is 0 Å². The van der Waals surface area contributed by atoms with Gasteiger partial charge in [0.05, 0.1) is 23.0 Å². The molecule has 178 valence electrons. The van der Waals surface area contributed by atoms with Gasteiger partial charge >= 0.3 is 5.97 Å². The lowest BCUT2D eigenvalue weighted by Gasteiger charge is -2.61. The largest absolute Gasteiger partial charge is 0.459 e. The number of ether oxygens (including phenoxy) is 3. The number of carbonyl (C=O) groups excluding carboxylic acids is 2. The van der Waals surface area contributed by atoms with Crippen LogP contribution in [0.4, 0.5) is 0 Å². The summed E-state index contributed by atoms with van der Waals surface area (Å²) in [6, 6.07) is 0. The van der Waals surface area contributed by atoms with Gasteiger partial charge in [-0.2, -0.15) is 0 Å².